The van der Waals surface area contributed by atoms with Crippen molar-refractivity contribution < 1.29 is 14.6 Å². The molecule has 4 rings (SSSR count). The molecule has 3 heterocycles. The molecule has 0 aliphatic carbocycles. The summed E-state index contributed by atoms with van der Waals surface area (Å²) in [5.41, 5.74) is 3.59. The second-order valence-corrected chi connectivity index (χ2v) is 7.71. The number of fused-ring (bicyclic) bond motifs is 1. The lowest BCUT2D eigenvalue weighted by Gasteiger charge is -2.46. The number of nitrogens with zero attached hydrogens (tertiary/aromatic N) is 5. The van der Waals surface area contributed by atoms with Crippen molar-refractivity contribution in [1.29, 1.82) is 0 Å². The topological polar surface area (TPSA) is 86.8 Å². The Morgan fingerprint density at radius 2 is 2.00 bits per heavy atom. The van der Waals surface area contributed by atoms with Gasteiger partial charge in [0.1, 0.15) is 12.1 Å². The van der Waals surface area contributed by atoms with Gasteiger partial charge in [0.05, 0.1) is 24.1 Å². The van der Waals surface area contributed by atoms with E-state index >= 15 is 0 Å². The quantitative estimate of drug-likeness (QED) is 0.711. The van der Waals surface area contributed by atoms with E-state index in [4.69, 9.17) is 0 Å². The van der Waals surface area contributed by atoms with Gasteiger partial charge in [-0.25, -0.2) is 4.39 Å². The maximum atomic E-state index is 13.3. The molecule has 28 heavy (non-hydrogen) atoms. The second kappa shape index (κ2) is 7.10. The predicted molar refractivity (Wildman–Crippen MR) is 103 cm³/mol. The Balaban J connectivity index is 1.72. The summed E-state index contributed by atoms with van der Waals surface area (Å²) in [7, 11) is 0. The van der Waals surface area contributed by atoms with Gasteiger partial charge in [-0.15, -0.1) is 10.2 Å². The van der Waals surface area contributed by atoms with Crippen molar-refractivity contribution >= 4 is 11.3 Å². The van der Waals surface area contributed by atoms with Crippen molar-refractivity contribution in [1.82, 2.24) is 19.8 Å². The maximum Gasteiger partial charge on any atom is 0.201 e. The summed E-state index contributed by atoms with van der Waals surface area (Å²) in [5.74, 6) is -0.301. The minimum Gasteiger partial charge on any atom is -0.396 e. The second-order valence-electron chi connectivity index (χ2n) is 7.71. The fourth-order valence-corrected chi connectivity index (χ4v) is 4.15. The Kier molecular flexibility index (Phi) is 4.76. The SMILES string of the molecule is Cc1nn2cnnc2c(N2CC[C@H](O)[C@@](CO)(Cc3ccc(F)cc3)C2)c1C. The molecule has 148 valence electrons. The number of rotatable bonds is 4. The molecule has 1 aromatic carbocycles. The van der Waals surface area contributed by atoms with E-state index in [9.17, 15) is 14.6 Å². The van der Waals surface area contributed by atoms with Crippen LogP contribution in [0.3, 0.4) is 0 Å². The fourth-order valence-electron chi connectivity index (χ4n) is 4.15. The van der Waals surface area contributed by atoms with Gasteiger partial charge in [-0.05, 0) is 49.9 Å². The minimum absolute atomic E-state index is 0.172. The molecule has 0 bridgehead atoms. The number of aliphatic hydroxyl groups excluding tert-OH is 2. The van der Waals surface area contributed by atoms with E-state index in [0.717, 1.165) is 22.5 Å². The normalized spacial score (nSPS) is 22.8. The van der Waals surface area contributed by atoms with Gasteiger partial charge in [0.25, 0.3) is 0 Å². The molecule has 0 saturated carbocycles. The van der Waals surface area contributed by atoms with Gasteiger partial charge in [0, 0.05) is 18.5 Å². The number of anilines is 1. The zero-order valence-corrected chi connectivity index (χ0v) is 16.0. The first kappa shape index (κ1) is 18.8. The molecule has 2 atom stereocenters. The third kappa shape index (κ3) is 3.12. The molecule has 3 aromatic rings. The number of aryl methyl sites for hydroxylation is 1. The molecular weight excluding hydrogens is 361 g/mol. The fraction of sp³-hybridized carbons (Fsp3) is 0.450. The average Bonchev–Trinajstić information content (AvgIpc) is 3.14. The van der Waals surface area contributed by atoms with Crippen molar-refractivity contribution in [2.75, 3.05) is 24.6 Å². The minimum atomic E-state index is -0.753. The van der Waals surface area contributed by atoms with E-state index in [1.807, 2.05) is 13.8 Å². The highest BCUT2D eigenvalue weighted by molar-refractivity contribution is 5.73. The molecule has 8 heteroatoms. The van der Waals surface area contributed by atoms with Crippen LogP contribution in [0.2, 0.25) is 0 Å². The van der Waals surface area contributed by atoms with Crippen LogP contribution in [0.5, 0.6) is 0 Å². The summed E-state index contributed by atoms with van der Waals surface area (Å²) in [6, 6.07) is 6.22. The van der Waals surface area contributed by atoms with Crippen molar-refractivity contribution in [2.24, 2.45) is 5.41 Å². The summed E-state index contributed by atoms with van der Waals surface area (Å²) in [4.78, 5) is 2.15. The van der Waals surface area contributed by atoms with Crippen LogP contribution in [-0.4, -0.2) is 55.8 Å². The van der Waals surface area contributed by atoms with E-state index in [1.165, 1.54) is 12.1 Å². The van der Waals surface area contributed by atoms with E-state index in [0.29, 0.717) is 31.6 Å². The summed E-state index contributed by atoms with van der Waals surface area (Å²) in [6.45, 7) is 4.86. The largest absolute Gasteiger partial charge is 0.396 e. The molecule has 2 aromatic heterocycles. The van der Waals surface area contributed by atoms with Crippen LogP contribution >= 0.6 is 0 Å². The van der Waals surface area contributed by atoms with Crippen LogP contribution < -0.4 is 4.90 Å². The lowest BCUT2D eigenvalue weighted by molar-refractivity contribution is -0.0291. The number of halogens is 1. The number of benzene rings is 1. The monoisotopic (exact) mass is 385 g/mol. The summed E-state index contributed by atoms with van der Waals surface area (Å²) >= 11 is 0. The Morgan fingerprint density at radius 1 is 1.25 bits per heavy atom. The number of piperidine rings is 1. The van der Waals surface area contributed by atoms with Gasteiger partial charge < -0.3 is 15.1 Å². The van der Waals surface area contributed by atoms with Gasteiger partial charge in [-0.2, -0.15) is 9.61 Å². The standard InChI is InChI=1S/C20H24FN5O2/c1-13-14(2)24-26-12-22-23-19(26)18(13)25-8-7-17(28)20(10-25,11-27)9-15-3-5-16(21)6-4-15/h3-6,12,17,27-28H,7-11H2,1-2H3/t17-,20-/m0/s1. The van der Waals surface area contributed by atoms with Gasteiger partial charge in [0.2, 0.25) is 5.65 Å². The Morgan fingerprint density at radius 3 is 2.71 bits per heavy atom. The van der Waals surface area contributed by atoms with E-state index in [2.05, 4.69) is 20.2 Å². The molecule has 0 radical (unpaired) electrons. The molecule has 7 nitrogen and oxygen atoms in total. The zero-order valence-electron chi connectivity index (χ0n) is 16.0. The third-order valence-corrected chi connectivity index (χ3v) is 5.88. The molecule has 1 aliphatic heterocycles. The van der Waals surface area contributed by atoms with Crippen LogP contribution in [0.4, 0.5) is 10.1 Å². The number of aromatic nitrogens is 4. The highest BCUT2D eigenvalue weighted by atomic mass is 19.1. The number of hydrogen-bond acceptors (Lipinski definition) is 6. The molecule has 2 N–H and O–H groups in total. The molecule has 0 amide bonds. The molecule has 1 saturated heterocycles. The Bertz CT molecular complexity index is 990. The highest BCUT2D eigenvalue weighted by Gasteiger charge is 2.43. The zero-order chi connectivity index (χ0) is 19.9. The van der Waals surface area contributed by atoms with Crippen molar-refractivity contribution in [3.63, 3.8) is 0 Å². The van der Waals surface area contributed by atoms with Gasteiger partial charge in [0.15, 0.2) is 0 Å². The average molecular weight is 385 g/mol. The molecule has 1 fully saturated rings. The Labute approximate surface area is 162 Å². The van der Waals surface area contributed by atoms with E-state index in [-0.39, 0.29) is 12.4 Å². The van der Waals surface area contributed by atoms with Crippen LogP contribution in [0.1, 0.15) is 23.2 Å². The van der Waals surface area contributed by atoms with Crippen LogP contribution in [-0.2, 0) is 6.42 Å². The summed E-state index contributed by atoms with van der Waals surface area (Å²) in [6.07, 6.45) is 1.88. The van der Waals surface area contributed by atoms with Crippen molar-refractivity contribution in [3.05, 3.63) is 53.2 Å². The Hall–Kier alpha value is -2.58. The number of hydrogen-bond donors (Lipinski definition) is 2. The van der Waals surface area contributed by atoms with Crippen molar-refractivity contribution in [2.45, 2.75) is 32.8 Å². The highest BCUT2D eigenvalue weighted by Crippen LogP contribution is 2.38. The summed E-state index contributed by atoms with van der Waals surface area (Å²) < 4.78 is 14.9. The first-order valence-electron chi connectivity index (χ1n) is 9.39. The molecule has 1 aliphatic rings. The van der Waals surface area contributed by atoms with E-state index in [1.54, 1.807) is 23.0 Å². The number of aliphatic hydroxyl groups is 2. The van der Waals surface area contributed by atoms with Crippen LogP contribution in [0, 0.1) is 25.1 Å². The first-order valence-corrected chi connectivity index (χ1v) is 9.39. The van der Waals surface area contributed by atoms with Crippen LogP contribution in [0.15, 0.2) is 30.6 Å². The lowest BCUT2D eigenvalue weighted by Crippen LogP contribution is -2.55. The molecule has 0 spiro atoms. The summed E-state index contributed by atoms with van der Waals surface area (Å²) in [5, 5.41) is 33.7. The maximum absolute atomic E-state index is 13.3. The first-order chi connectivity index (χ1) is 13.4. The predicted octanol–water partition coefficient (Wildman–Crippen LogP) is 1.67. The van der Waals surface area contributed by atoms with Crippen molar-refractivity contribution in [3.8, 4) is 0 Å². The van der Waals surface area contributed by atoms with Gasteiger partial charge >= 0.3 is 0 Å². The molecule has 0 unspecified atom stereocenters. The van der Waals surface area contributed by atoms with E-state index < -0.39 is 11.5 Å². The smallest absolute Gasteiger partial charge is 0.201 e. The lowest BCUT2D eigenvalue weighted by atomic mass is 9.73. The van der Waals surface area contributed by atoms with Gasteiger partial charge in [-0.1, -0.05) is 12.1 Å². The van der Waals surface area contributed by atoms with Crippen LogP contribution in [0.25, 0.3) is 5.65 Å². The third-order valence-electron chi connectivity index (χ3n) is 5.88. The van der Waals surface area contributed by atoms with Gasteiger partial charge in [-0.3, -0.25) is 0 Å². The molecular formula is C20H24FN5O2.